The first-order valence-corrected chi connectivity index (χ1v) is 7.19. The van der Waals surface area contributed by atoms with Crippen LogP contribution in [0.2, 0.25) is 5.02 Å². The van der Waals surface area contributed by atoms with Crippen LogP contribution >= 0.6 is 23.8 Å². The number of pyridine rings is 1. The number of aromatic nitrogens is 1. The van der Waals surface area contributed by atoms with Crippen LogP contribution < -0.4 is 15.4 Å². The Hall–Kier alpha value is -1.85. The summed E-state index contributed by atoms with van der Waals surface area (Å²) in [4.78, 5) is 4.00. The quantitative estimate of drug-likeness (QED) is 0.839. The van der Waals surface area contributed by atoms with Crippen LogP contribution in [0.3, 0.4) is 0 Å². The third-order valence-electron chi connectivity index (χ3n) is 2.96. The van der Waals surface area contributed by atoms with Crippen molar-refractivity contribution in [1.82, 2.24) is 10.3 Å². The van der Waals surface area contributed by atoms with E-state index in [1.54, 1.807) is 37.7 Å². The van der Waals surface area contributed by atoms with Gasteiger partial charge in [0.1, 0.15) is 5.75 Å². The molecule has 0 amide bonds. The van der Waals surface area contributed by atoms with E-state index in [4.69, 9.17) is 28.6 Å². The Morgan fingerprint density at radius 2 is 2.00 bits per heavy atom. The van der Waals surface area contributed by atoms with E-state index in [2.05, 4.69) is 15.6 Å². The van der Waals surface area contributed by atoms with E-state index in [-0.39, 0.29) is 6.04 Å². The molecule has 4 nitrogen and oxygen atoms in total. The highest BCUT2D eigenvalue weighted by atomic mass is 35.5. The molecule has 0 radical (unpaired) electrons. The number of ether oxygens (including phenoxy) is 1. The van der Waals surface area contributed by atoms with E-state index in [0.717, 1.165) is 11.3 Å². The Balaban J connectivity index is 2.04. The summed E-state index contributed by atoms with van der Waals surface area (Å²) >= 11 is 11.3. The molecule has 0 aliphatic heterocycles. The first-order chi connectivity index (χ1) is 10.1. The van der Waals surface area contributed by atoms with E-state index in [1.165, 1.54) is 0 Å². The van der Waals surface area contributed by atoms with Gasteiger partial charge < -0.3 is 15.4 Å². The number of nitrogens with one attached hydrogen (secondary N) is 2. The lowest BCUT2D eigenvalue weighted by molar-refractivity contribution is 0.417. The SMILES string of the molecule is COc1ccc(Cl)cc1NC(=S)N[C@@H](C)c1ccncc1. The molecule has 0 spiro atoms. The van der Waals surface area contributed by atoms with Gasteiger partial charge >= 0.3 is 0 Å². The Bertz CT molecular complexity index is 622. The van der Waals surface area contributed by atoms with Crippen LogP contribution in [0.1, 0.15) is 18.5 Å². The van der Waals surface area contributed by atoms with E-state index >= 15 is 0 Å². The second kappa shape index (κ2) is 7.24. The summed E-state index contributed by atoms with van der Waals surface area (Å²) in [5.74, 6) is 0.681. The first kappa shape index (κ1) is 15.5. The van der Waals surface area contributed by atoms with Crippen LogP contribution in [0.4, 0.5) is 5.69 Å². The van der Waals surface area contributed by atoms with Gasteiger partial charge in [-0.25, -0.2) is 0 Å². The van der Waals surface area contributed by atoms with Gasteiger partial charge in [-0.2, -0.15) is 0 Å². The molecule has 0 aliphatic carbocycles. The summed E-state index contributed by atoms with van der Waals surface area (Å²) in [6, 6.07) is 9.28. The fourth-order valence-corrected chi connectivity index (χ4v) is 2.33. The highest BCUT2D eigenvalue weighted by Crippen LogP contribution is 2.27. The van der Waals surface area contributed by atoms with E-state index < -0.39 is 0 Å². The Morgan fingerprint density at radius 3 is 2.67 bits per heavy atom. The summed E-state index contributed by atoms with van der Waals surface area (Å²) < 4.78 is 5.27. The minimum atomic E-state index is 0.0678. The monoisotopic (exact) mass is 321 g/mol. The lowest BCUT2D eigenvalue weighted by atomic mass is 10.1. The minimum Gasteiger partial charge on any atom is -0.495 e. The predicted molar refractivity (Wildman–Crippen MR) is 90.0 cm³/mol. The molecule has 2 aromatic rings. The van der Waals surface area contributed by atoms with Crippen molar-refractivity contribution in [3.05, 3.63) is 53.3 Å². The van der Waals surface area contributed by atoms with Crippen molar-refractivity contribution in [3.63, 3.8) is 0 Å². The van der Waals surface area contributed by atoms with E-state index in [0.29, 0.717) is 15.9 Å². The van der Waals surface area contributed by atoms with Gasteiger partial charge in [0.25, 0.3) is 0 Å². The smallest absolute Gasteiger partial charge is 0.171 e. The zero-order chi connectivity index (χ0) is 15.2. The van der Waals surface area contributed by atoms with Crippen molar-refractivity contribution in [2.75, 3.05) is 12.4 Å². The summed E-state index contributed by atoms with van der Waals surface area (Å²) in [6.07, 6.45) is 3.51. The number of anilines is 1. The van der Waals surface area contributed by atoms with Crippen LogP contribution in [-0.2, 0) is 0 Å². The number of rotatable bonds is 4. The maximum Gasteiger partial charge on any atom is 0.171 e. The third kappa shape index (κ3) is 4.31. The van der Waals surface area contributed by atoms with Gasteiger partial charge in [0.15, 0.2) is 5.11 Å². The number of halogens is 1. The molecule has 0 bridgehead atoms. The predicted octanol–water partition coefficient (Wildman–Crippen LogP) is 3.79. The molecule has 2 rings (SSSR count). The molecule has 0 saturated carbocycles. The lowest BCUT2D eigenvalue weighted by Crippen LogP contribution is -2.31. The average molecular weight is 322 g/mol. The van der Waals surface area contributed by atoms with Crippen LogP contribution in [-0.4, -0.2) is 17.2 Å². The zero-order valence-corrected chi connectivity index (χ0v) is 13.3. The highest BCUT2D eigenvalue weighted by molar-refractivity contribution is 7.80. The van der Waals surface area contributed by atoms with Crippen molar-refractivity contribution in [2.45, 2.75) is 13.0 Å². The normalized spacial score (nSPS) is 11.6. The van der Waals surface area contributed by atoms with Crippen LogP contribution in [0.25, 0.3) is 0 Å². The third-order valence-corrected chi connectivity index (χ3v) is 3.42. The summed E-state index contributed by atoms with van der Waals surface area (Å²) in [6.45, 7) is 2.03. The van der Waals surface area contributed by atoms with E-state index in [1.807, 2.05) is 19.1 Å². The molecule has 0 saturated heterocycles. The molecule has 1 aromatic carbocycles. The number of thiocarbonyl (C=S) groups is 1. The number of benzene rings is 1. The molecule has 0 fully saturated rings. The molecule has 6 heteroatoms. The maximum absolute atomic E-state index is 5.99. The molecule has 1 aromatic heterocycles. The molecule has 1 heterocycles. The van der Waals surface area contributed by atoms with Gasteiger partial charge in [-0.15, -0.1) is 0 Å². The topological polar surface area (TPSA) is 46.2 Å². The van der Waals surface area contributed by atoms with Gasteiger partial charge in [0.05, 0.1) is 18.8 Å². The van der Waals surface area contributed by atoms with Crippen LogP contribution in [0, 0.1) is 0 Å². The standard InChI is InChI=1S/C15H16ClN3OS/c1-10(11-5-7-17-8-6-11)18-15(21)19-13-9-12(16)3-4-14(13)20-2/h3-10H,1-2H3,(H2,18,19,21)/t10-/m0/s1. The van der Waals surface area contributed by atoms with Crippen molar-refractivity contribution < 1.29 is 4.74 Å². The van der Waals surface area contributed by atoms with Gasteiger partial charge in [0, 0.05) is 17.4 Å². The fourth-order valence-electron chi connectivity index (χ4n) is 1.87. The average Bonchev–Trinajstić information content (AvgIpc) is 2.48. The molecular formula is C15H16ClN3OS. The van der Waals surface area contributed by atoms with Crippen molar-refractivity contribution in [1.29, 1.82) is 0 Å². The molecule has 110 valence electrons. The van der Waals surface area contributed by atoms with E-state index in [9.17, 15) is 0 Å². The molecular weight excluding hydrogens is 306 g/mol. The Morgan fingerprint density at radius 1 is 1.29 bits per heavy atom. The number of hydrogen-bond donors (Lipinski definition) is 2. The van der Waals surface area contributed by atoms with Crippen LogP contribution in [0.5, 0.6) is 5.75 Å². The second-order valence-corrected chi connectivity index (χ2v) is 5.29. The number of hydrogen-bond acceptors (Lipinski definition) is 3. The van der Waals surface area contributed by atoms with Crippen molar-refractivity contribution in [3.8, 4) is 5.75 Å². The molecule has 1 atom stereocenters. The van der Waals surface area contributed by atoms with Gasteiger partial charge in [-0.05, 0) is 55.0 Å². The first-order valence-electron chi connectivity index (χ1n) is 6.41. The fraction of sp³-hybridized carbons (Fsp3) is 0.200. The summed E-state index contributed by atoms with van der Waals surface area (Å²) in [7, 11) is 1.60. The molecule has 0 unspecified atom stereocenters. The van der Waals surface area contributed by atoms with Gasteiger partial charge in [-0.1, -0.05) is 11.6 Å². The summed E-state index contributed by atoms with van der Waals surface area (Å²) in [5, 5.41) is 7.42. The molecule has 2 N–H and O–H groups in total. The Kier molecular flexibility index (Phi) is 5.36. The second-order valence-electron chi connectivity index (χ2n) is 4.45. The maximum atomic E-state index is 5.99. The van der Waals surface area contributed by atoms with Gasteiger partial charge in [0.2, 0.25) is 0 Å². The minimum absolute atomic E-state index is 0.0678. The van der Waals surface area contributed by atoms with Crippen LogP contribution in [0.15, 0.2) is 42.7 Å². The largest absolute Gasteiger partial charge is 0.495 e. The zero-order valence-electron chi connectivity index (χ0n) is 11.8. The van der Waals surface area contributed by atoms with Crippen molar-refractivity contribution >= 4 is 34.6 Å². The van der Waals surface area contributed by atoms with Gasteiger partial charge in [-0.3, -0.25) is 4.98 Å². The molecule has 0 aliphatic rings. The molecule has 21 heavy (non-hydrogen) atoms. The Labute approximate surface area is 134 Å². The highest BCUT2D eigenvalue weighted by Gasteiger charge is 2.09. The summed E-state index contributed by atoms with van der Waals surface area (Å²) in [5.41, 5.74) is 1.83. The number of methoxy groups -OCH3 is 1. The van der Waals surface area contributed by atoms with Crippen molar-refractivity contribution in [2.24, 2.45) is 0 Å². The number of nitrogens with zero attached hydrogens (tertiary/aromatic N) is 1. The lowest BCUT2D eigenvalue weighted by Gasteiger charge is -2.18.